The van der Waals surface area contributed by atoms with Crippen molar-refractivity contribution in [3.05, 3.63) is 28.8 Å². The highest BCUT2D eigenvalue weighted by Gasteiger charge is 2.47. The van der Waals surface area contributed by atoms with E-state index in [9.17, 15) is 30.9 Å². The zero-order chi connectivity index (χ0) is 28.3. The Hall–Kier alpha value is -2.84. The van der Waals surface area contributed by atoms with Gasteiger partial charge in [-0.25, -0.2) is 25.6 Å². The number of nitrogens with zero attached hydrogens (tertiary/aromatic N) is 6. The van der Waals surface area contributed by atoms with Gasteiger partial charge in [-0.15, -0.1) is 10.2 Å². The molecule has 0 bridgehead atoms. The number of aromatic nitrogens is 4. The normalized spacial score (nSPS) is 18.1. The quantitative estimate of drug-likeness (QED) is 0.416. The maximum Gasteiger partial charge on any atom is 0.291 e. The third-order valence-electron chi connectivity index (χ3n) is 6.82. The number of nitriles is 1. The topological polar surface area (TPSA) is 151 Å². The maximum atomic E-state index is 13.4. The summed E-state index contributed by atoms with van der Waals surface area (Å²) in [5, 5.41) is 20.7. The summed E-state index contributed by atoms with van der Waals surface area (Å²) in [5.74, 6) is 0. The number of rotatable bonds is 8. The van der Waals surface area contributed by atoms with Crippen molar-refractivity contribution in [2.75, 3.05) is 13.1 Å². The Morgan fingerprint density at radius 2 is 1.90 bits per heavy atom. The monoisotopic (exact) mass is 597 g/mol. The van der Waals surface area contributed by atoms with Crippen LogP contribution in [0.4, 0.5) is 8.78 Å². The fourth-order valence-electron chi connectivity index (χ4n) is 4.47. The second-order valence-electron chi connectivity index (χ2n) is 9.82. The Bertz CT molecular complexity index is 1750. The molecule has 39 heavy (non-hydrogen) atoms. The van der Waals surface area contributed by atoms with Gasteiger partial charge < -0.3 is 0 Å². The van der Waals surface area contributed by atoms with Crippen LogP contribution < -0.4 is 4.72 Å². The molecule has 1 N–H and O–H groups in total. The minimum Gasteiger partial charge on any atom is -0.267 e. The van der Waals surface area contributed by atoms with Crippen LogP contribution in [0.15, 0.2) is 23.1 Å². The Kier molecular flexibility index (Phi) is 6.87. The molecular formula is C23H25F2N7O4S3. The first-order valence-electron chi connectivity index (χ1n) is 12.0. The zero-order valence-electron chi connectivity index (χ0n) is 21.2. The van der Waals surface area contributed by atoms with E-state index in [4.69, 9.17) is 0 Å². The predicted octanol–water partition coefficient (Wildman–Crippen LogP) is 3.19. The molecule has 1 aliphatic heterocycles. The second kappa shape index (κ2) is 9.66. The summed E-state index contributed by atoms with van der Waals surface area (Å²) in [6.07, 6.45) is 0.0201. The minimum absolute atomic E-state index is 0.104. The SMILES string of the molecule is CC(C)S(=O)(=O)N1CC=C(c2cc(S(=O)(=O)NC3(C#N)CC3)cc3c(-c4nnc(C(F)F)s4)nn(C)c23)CC1. The van der Waals surface area contributed by atoms with Gasteiger partial charge in [-0.05, 0) is 50.8 Å². The van der Waals surface area contributed by atoms with Gasteiger partial charge in [0.25, 0.3) is 6.43 Å². The molecule has 0 unspecified atom stereocenters. The third-order valence-corrected chi connectivity index (χ3v) is 11.5. The molecule has 1 fully saturated rings. The molecule has 0 spiro atoms. The second-order valence-corrected chi connectivity index (χ2v) is 15.0. The fourth-order valence-corrected chi connectivity index (χ4v) is 7.82. The van der Waals surface area contributed by atoms with E-state index in [0.29, 0.717) is 52.6 Å². The van der Waals surface area contributed by atoms with Gasteiger partial charge in [-0.2, -0.15) is 19.4 Å². The lowest BCUT2D eigenvalue weighted by Crippen LogP contribution is -2.39. The van der Waals surface area contributed by atoms with Crippen molar-refractivity contribution < 1.29 is 25.6 Å². The molecule has 0 saturated heterocycles. The van der Waals surface area contributed by atoms with E-state index < -0.39 is 42.3 Å². The van der Waals surface area contributed by atoms with Gasteiger partial charge in [-0.1, -0.05) is 17.4 Å². The molecule has 0 atom stereocenters. The summed E-state index contributed by atoms with van der Waals surface area (Å²) in [6.45, 7) is 3.54. The number of benzene rings is 1. The molecule has 2 aromatic heterocycles. The first kappa shape index (κ1) is 27.7. The average molecular weight is 598 g/mol. The Labute approximate surface area is 228 Å². The summed E-state index contributed by atoms with van der Waals surface area (Å²) in [6, 6.07) is 4.88. The molecule has 11 nitrogen and oxygen atoms in total. The summed E-state index contributed by atoms with van der Waals surface area (Å²) in [7, 11) is -6.00. The summed E-state index contributed by atoms with van der Waals surface area (Å²) in [5.41, 5.74) is 0.792. The largest absolute Gasteiger partial charge is 0.291 e. The lowest BCUT2D eigenvalue weighted by atomic mass is 9.97. The molecule has 0 radical (unpaired) electrons. The van der Waals surface area contributed by atoms with E-state index in [2.05, 4.69) is 20.0 Å². The summed E-state index contributed by atoms with van der Waals surface area (Å²) in [4.78, 5) is -0.127. The molecule has 2 aliphatic rings. The van der Waals surface area contributed by atoms with Crippen LogP contribution in [-0.4, -0.2) is 65.0 Å². The number of fused-ring (bicyclic) bond motifs is 1. The molecule has 0 amide bonds. The Balaban J connectivity index is 1.67. The van der Waals surface area contributed by atoms with Crippen LogP contribution >= 0.6 is 11.3 Å². The third kappa shape index (κ3) is 4.97. The van der Waals surface area contributed by atoms with E-state index in [-0.39, 0.29) is 28.7 Å². The van der Waals surface area contributed by atoms with E-state index >= 15 is 0 Å². The molecule has 5 rings (SSSR count). The van der Waals surface area contributed by atoms with Crippen LogP contribution in [0.3, 0.4) is 0 Å². The number of nitrogens with one attached hydrogen (secondary N) is 1. The lowest BCUT2D eigenvalue weighted by molar-refractivity contribution is 0.150. The highest BCUT2D eigenvalue weighted by atomic mass is 32.2. The van der Waals surface area contributed by atoms with Gasteiger partial charge in [0.05, 0.1) is 21.7 Å². The molecule has 3 aromatic rings. The number of alkyl halides is 2. The highest BCUT2D eigenvalue weighted by Crippen LogP contribution is 2.40. The van der Waals surface area contributed by atoms with Crippen molar-refractivity contribution >= 4 is 47.9 Å². The van der Waals surface area contributed by atoms with Gasteiger partial charge in [0.15, 0.2) is 10.0 Å². The molecule has 1 aliphatic carbocycles. The number of halogens is 2. The van der Waals surface area contributed by atoms with Crippen molar-refractivity contribution in [2.24, 2.45) is 7.05 Å². The number of sulfonamides is 2. The van der Waals surface area contributed by atoms with E-state index in [0.717, 1.165) is 0 Å². The van der Waals surface area contributed by atoms with Crippen LogP contribution in [0.25, 0.3) is 27.2 Å². The first-order valence-corrected chi connectivity index (χ1v) is 15.8. The zero-order valence-corrected chi connectivity index (χ0v) is 23.7. The van der Waals surface area contributed by atoms with Crippen molar-refractivity contribution in [2.45, 2.75) is 55.2 Å². The molecular weight excluding hydrogens is 572 g/mol. The van der Waals surface area contributed by atoms with Crippen molar-refractivity contribution in [3.63, 3.8) is 0 Å². The van der Waals surface area contributed by atoms with Crippen molar-refractivity contribution in [3.8, 4) is 16.8 Å². The van der Waals surface area contributed by atoms with Gasteiger partial charge in [0, 0.05) is 31.1 Å². The highest BCUT2D eigenvalue weighted by molar-refractivity contribution is 7.89. The van der Waals surface area contributed by atoms with Crippen LogP contribution in [0.2, 0.25) is 0 Å². The fraction of sp³-hybridized carbons (Fsp3) is 0.478. The van der Waals surface area contributed by atoms with Crippen LogP contribution in [0.1, 0.15) is 50.1 Å². The summed E-state index contributed by atoms with van der Waals surface area (Å²) < 4.78 is 84.0. The smallest absolute Gasteiger partial charge is 0.267 e. The first-order chi connectivity index (χ1) is 18.3. The minimum atomic E-state index is -4.16. The molecule has 1 saturated carbocycles. The molecule has 3 heterocycles. The number of hydrogen-bond donors (Lipinski definition) is 1. The molecule has 1 aromatic carbocycles. The number of aryl methyl sites for hydroxylation is 1. The van der Waals surface area contributed by atoms with E-state index in [1.807, 2.05) is 6.07 Å². The van der Waals surface area contributed by atoms with Gasteiger partial charge in [-0.3, -0.25) is 4.68 Å². The lowest BCUT2D eigenvalue weighted by Gasteiger charge is -2.28. The molecule has 208 valence electrons. The van der Waals surface area contributed by atoms with Crippen LogP contribution in [0.5, 0.6) is 0 Å². The average Bonchev–Trinajstić information content (AvgIpc) is 3.31. The Morgan fingerprint density at radius 3 is 2.44 bits per heavy atom. The van der Waals surface area contributed by atoms with Crippen LogP contribution in [0, 0.1) is 11.3 Å². The van der Waals surface area contributed by atoms with E-state index in [1.54, 1.807) is 27.0 Å². The Morgan fingerprint density at radius 1 is 1.18 bits per heavy atom. The predicted molar refractivity (Wildman–Crippen MR) is 141 cm³/mol. The summed E-state index contributed by atoms with van der Waals surface area (Å²) >= 11 is 0.662. The van der Waals surface area contributed by atoms with Crippen molar-refractivity contribution in [1.29, 1.82) is 5.26 Å². The van der Waals surface area contributed by atoms with Crippen molar-refractivity contribution in [1.82, 2.24) is 29.0 Å². The van der Waals surface area contributed by atoms with E-state index in [1.165, 1.54) is 21.1 Å². The molecule has 16 heteroatoms. The van der Waals surface area contributed by atoms with Gasteiger partial charge >= 0.3 is 0 Å². The number of hydrogen-bond acceptors (Lipinski definition) is 9. The van der Waals surface area contributed by atoms with Gasteiger partial charge in [0.1, 0.15) is 11.2 Å². The standard InChI is InChI=1S/C23H25F2N7O4S3/c1-13(2)39(35,36)32-8-4-14(5-9-32)16-10-15(38(33,34)30-23(12-26)6-7-23)11-17-18(29-31(3)19(16)17)21-27-28-22(37-21)20(24)25/h4,10-11,13,20,30H,5-9H2,1-3H3. The van der Waals surface area contributed by atoms with Gasteiger partial charge in [0.2, 0.25) is 20.0 Å². The van der Waals surface area contributed by atoms with Crippen LogP contribution in [-0.2, 0) is 27.1 Å². The maximum absolute atomic E-state index is 13.4.